The minimum atomic E-state index is -2.96. The van der Waals surface area contributed by atoms with Crippen LogP contribution in [0.5, 0.6) is 0 Å². The van der Waals surface area contributed by atoms with Gasteiger partial charge in [0.05, 0.1) is 17.2 Å². The normalized spacial score (nSPS) is 21.3. The van der Waals surface area contributed by atoms with Gasteiger partial charge in [-0.25, -0.2) is 13.4 Å². The average Bonchev–Trinajstić information content (AvgIpc) is 2.69. The Kier molecular flexibility index (Phi) is 4.46. The van der Waals surface area contributed by atoms with Crippen molar-refractivity contribution in [2.24, 2.45) is 0 Å². The van der Waals surface area contributed by atoms with Crippen LogP contribution in [0.1, 0.15) is 19.8 Å². The van der Waals surface area contributed by atoms with Crippen LogP contribution in [-0.4, -0.2) is 42.5 Å². The summed E-state index contributed by atoms with van der Waals surface area (Å²) in [5.74, 6) is 1.22. The molecule has 1 aromatic heterocycles. The maximum Gasteiger partial charge on any atom is 0.224 e. The predicted octanol–water partition coefficient (Wildman–Crippen LogP) is 1.55. The Morgan fingerprint density at radius 3 is 2.89 bits per heavy atom. The van der Waals surface area contributed by atoms with Crippen LogP contribution in [-0.2, 0) is 9.84 Å². The molecule has 1 aliphatic heterocycles. The number of halogens is 1. The van der Waals surface area contributed by atoms with Crippen LogP contribution in [0.25, 0.3) is 0 Å². The first-order valence-electron chi connectivity index (χ1n) is 6.25. The lowest BCUT2D eigenvalue weighted by atomic mass is 10.2. The standard InChI is InChI=1S/C11H17ClN4O2S/c1-2-13-11-15-7-9(12)10(16-11)14-6-8-4-3-5-19(8,17)18/h7-8H,2-6H2,1H3,(H2,13,14,15,16). The summed E-state index contributed by atoms with van der Waals surface area (Å²) in [6.45, 7) is 2.98. The molecule has 1 fully saturated rings. The van der Waals surface area contributed by atoms with Gasteiger partial charge in [-0.15, -0.1) is 0 Å². The molecule has 106 valence electrons. The first-order chi connectivity index (χ1) is 9.03. The fraction of sp³-hybridized carbons (Fsp3) is 0.636. The largest absolute Gasteiger partial charge is 0.367 e. The Hall–Kier alpha value is -1.08. The summed E-state index contributed by atoms with van der Waals surface area (Å²) in [7, 11) is -2.96. The van der Waals surface area contributed by atoms with Crippen molar-refractivity contribution in [2.45, 2.75) is 25.0 Å². The molecule has 2 rings (SSSR count). The molecule has 0 aliphatic carbocycles. The van der Waals surface area contributed by atoms with E-state index < -0.39 is 9.84 Å². The Labute approximate surface area is 117 Å². The van der Waals surface area contributed by atoms with E-state index in [1.165, 1.54) is 6.20 Å². The molecule has 0 aromatic carbocycles. The van der Waals surface area contributed by atoms with Crippen LogP contribution in [0.4, 0.5) is 11.8 Å². The molecule has 6 nitrogen and oxygen atoms in total. The van der Waals surface area contributed by atoms with E-state index in [4.69, 9.17) is 11.6 Å². The third-order valence-electron chi connectivity index (χ3n) is 3.04. The zero-order chi connectivity index (χ0) is 13.9. The van der Waals surface area contributed by atoms with Crippen molar-refractivity contribution in [2.75, 3.05) is 29.5 Å². The summed E-state index contributed by atoms with van der Waals surface area (Å²) in [6.07, 6.45) is 2.92. The van der Waals surface area contributed by atoms with Gasteiger partial charge in [-0.05, 0) is 19.8 Å². The number of hydrogen-bond acceptors (Lipinski definition) is 6. The number of sulfone groups is 1. The van der Waals surface area contributed by atoms with Gasteiger partial charge in [0.25, 0.3) is 0 Å². The van der Waals surface area contributed by atoms with Gasteiger partial charge in [-0.3, -0.25) is 0 Å². The topological polar surface area (TPSA) is 84.0 Å². The van der Waals surface area contributed by atoms with Crippen molar-refractivity contribution in [3.8, 4) is 0 Å². The van der Waals surface area contributed by atoms with Crippen molar-refractivity contribution in [1.29, 1.82) is 0 Å². The van der Waals surface area contributed by atoms with Crippen LogP contribution in [0, 0.1) is 0 Å². The van der Waals surface area contributed by atoms with Crippen molar-refractivity contribution in [3.63, 3.8) is 0 Å². The molecule has 0 saturated carbocycles. The summed E-state index contributed by atoms with van der Waals surface area (Å²) in [6, 6.07) is 0. The molecule has 1 unspecified atom stereocenters. The molecule has 0 radical (unpaired) electrons. The minimum absolute atomic E-state index is 0.277. The number of nitrogens with one attached hydrogen (secondary N) is 2. The lowest BCUT2D eigenvalue weighted by Gasteiger charge is -2.13. The Morgan fingerprint density at radius 2 is 2.26 bits per heavy atom. The average molecular weight is 305 g/mol. The number of nitrogens with zero attached hydrogens (tertiary/aromatic N) is 2. The van der Waals surface area contributed by atoms with Gasteiger partial charge in [0.2, 0.25) is 5.95 Å². The molecule has 2 N–H and O–H groups in total. The molecule has 0 spiro atoms. The molecule has 8 heteroatoms. The summed E-state index contributed by atoms with van der Waals surface area (Å²) >= 11 is 5.99. The van der Waals surface area contributed by atoms with Gasteiger partial charge < -0.3 is 10.6 Å². The highest BCUT2D eigenvalue weighted by atomic mass is 35.5. The summed E-state index contributed by atoms with van der Waals surface area (Å²) in [4.78, 5) is 8.24. The number of anilines is 2. The second-order valence-electron chi connectivity index (χ2n) is 4.43. The Bertz CT molecular complexity index is 550. The molecule has 0 amide bonds. The van der Waals surface area contributed by atoms with Crippen molar-refractivity contribution in [3.05, 3.63) is 11.2 Å². The fourth-order valence-corrected chi connectivity index (χ4v) is 3.96. The molecule has 19 heavy (non-hydrogen) atoms. The minimum Gasteiger partial charge on any atom is -0.367 e. The molecule has 1 saturated heterocycles. The summed E-state index contributed by atoms with van der Waals surface area (Å²) in [5, 5.41) is 6.03. The van der Waals surface area contributed by atoms with E-state index in [9.17, 15) is 8.42 Å². The first-order valence-corrected chi connectivity index (χ1v) is 8.34. The highest BCUT2D eigenvalue weighted by molar-refractivity contribution is 7.92. The molecule has 0 bridgehead atoms. The van der Waals surface area contributed by atoms with Crippen molar-refractivity contribution >= 4 is 33.2 Å². The van der Waals surface area contributed by atoms with Gasteiger partial charge >= 0.3 is 0 Å². The third-order valence-corrected chi connectivity index (χ3v) is 5.59. The quantitative estimate of drug-likeness (QED) is 0.858. The van der Waals surface area contributed by atoms with Gasteiger partial charge in [-0.2, -0.15) is 4.98 Å². The van der Waals surface area contributed by atoms with Gasteiger partial charge in [0, 0.05) is 13.1 Å². The highest BCUT2D eigenvalue weighted by Gasteiger charge is 2.31. The van der Waals surface area contributed by atoms with Crippen LogP contribution < -0.4 is 10.6 Å². The zero-order valence-corrected chi connectivity index (χ0v) is 12.3. The van der Waals surface area contributed by atoms with Crippen LogP contribution in [0.3, 0.4) is 0 Å². The monoisotopic (exact) mass is 304 g/mol. The number of aromatic nitrogens is 2. The second kappa shape index (κ2) is 5.92. The van der Waals surface area contributed by atoms with Gasteiger partial charge in [0.15, 0.2) is 15.7 Å². The predicted molar refractivity (Wildman–Crippen MR) is 76.5 cm³/mol. The molecule has 1 aliphatic rings. The molecule has 1 aromatic rings. The van der Waals surface area contributed by atoms with Crippen LogP contribution in [0.2, 0.25) is 5.02 Å². The molecule has 1 atom stereocenters. The SMILES string of the molecule is CCNc1ncc(Cl)c(NCC2CCCS2(=O)=O)n1. The first kappa shape index (κ1) is 14.3. The van der Waals surface area contributed by atoms with Gasteiger partial charge in [-0.1, -0.05) is 11.6 Å². The van der Waals surface area contributed by atoms with E-state index in [1.54, 1.807) is 0 Å². The van der Waals surface area contributed by atoms with Crippen LogP contribution >= 0.6 is 11.6 Å². The maximum absolute atomic E-state index is 11.7. The maximum atomic E-state index is 11.7. The highest BCUT2D eigenvalue weighted by Crippen LogP contribution is 2.23. The Balaban J connectivity index is 2.04. The van der Waals surface area contributed by atoms with E-state index >= 15 is 0 Å². The lowest BCUT2D eigenvalue weighted by Crippen LogP contribution is -2.25. The third kappa shape index (κ3) is 3.48. The lowest BCUT2D eigenvalue weighted by molar-refractivity contribution is 0.591. The number of hydrogen-bond donors (Lipinski definition) is 2. The summed E-state index contributed by atoms with van der Waals surface area (Å²) < 4.78 is 23.4. The van der Waals surface area contributed by atoms with Crippen molar-refractivity contribution in [1.82, 2.24) is 9.97 Å². The van der Waals surface area contributed by atoms with E-state index in [0.29, 0.717) is 36.3 Å². The zero-order valence-electron chi connectivity index (χ0n) is 10.7. The molecular weight excluding hydrogens is 288 g/mol. The van der Waals surface area contributed by atoms with Crippen LogP contribution in [0.15, 0.2) is 6.20 Å². The van der Waals surface area contributed by atoms with E-state index in [0.717, 1.165) is 6.42 Å². The van der Waals surface area contributed by atoms with E-state index in [2.05, 4.69) is 20.6 Å². The second-order valence-corrected chi connectivity index (χ2v) is 7.24. The van der Waals surface area contributed by atoms with Crippen molar-refractivity contribution < 1.29 is 8.42 Å². The Morgan fingerprint density at radius 1 is 1.47 bits per heavy atom. The molecule has 2 heterocycles. The van der Waals surface area contributed by atoms with E-state index in [-0.39, 0.29) is 11.0 Å². The fourth-order valence-electron chi connectivity index (χ4n) is 2.03. The summed E-state index contributed by atoms with van der Waals surface area (Å²) in [5.41, 5.74) is 0. The molecular formula is C11H17ClN4O2S. The number of rotatable bonds is 5. The smallest absolute Gasteiger partial charge is 0.224 e. The van der Waals surface area contributed by atoms with E-state index in [1.807, 2.05) is 6.92 Å². The van der Waals surface area contributed by atoms with Gasteiger partial charge in [0.1, 0.15) is 5.02 Å².